The summed E-state index contributed by atoms with van der Waals surface area (Å²) in [7, 11) is 0. The van der Waals surface area contributed by atoms with Crippen LogP contribution in [0.3, 0.4) is 0 Å². The van der Waals surface area contributed by atoms with Crippen LogP contribution < -0.4 is 4.74 Å². The van der Waals surface area contributed by atoms with E-state index in [4.69, 9.17) is 9.84 Å². The second-order valence-electron chi connectivity index (χ2n) is 6.10. The van der Waals surface area contributed by atoms with Gasteiger partial charge in [0, 0.05) is 4.47 Å². The first-order chi connectivity index (χ1) is 12.1. The smallest absolute Gasteiger partial charge is 0.304 e. The highest BCUT2D eigenvalue weighted by Crippen LogP contribution is 2.36. The van der Waals surface area contributed by atoms with Crippen molar-refractivity contribution in [2.75, 3.05) is 0 Å². The molecule has 2 aromatic rings. The predicted octanol–water partition coefficient (Wildman–Crippen LogP) is 5.10. The van der Waals surface area contributed by atoms with Crippen molar-refractivity contribution >= 4 is 21.9 Å². The van der Waals surface area contributed by atoms with E-state index in [1.807, 2.05) is 30.3 Å². The fourth-order valence-corrected chi connectivity index (χ4v) is 3.62. The van der Waals surface area contributed by atoms with Crippen molar-refractivity contribution in [2.45, 2.75) is 38.2 Å². The molecule has 0 amide bonds. The van der Waals surface area contributed by atoms with Crippen LogP contribution in [0.25, 0.3) is 0 Å². The third-order valence-electron chi connectivity index (χ3n) is 4.39. The SMILES string of the molecule is CC#C[C@@H](CC(=O)O)c1ccc(OC2CCc3cc(Br)ccc32)cc1. The van der Waals surface area contributed by atoms with Crippen LogP contribution in [0, 0.1) is 11.8 Å². The number of hydrogen-bond acceptors (Lipinski definition) is 2. The Hall–Kier alpha value is -2.25. The Balaban J connectivity index is 1.73. The predicted molar refractivity (Wildman–Crippen MR) is 101 cm³/mol. The van der Waals surface area contributed by atoms with Gasteiger partial charge in [0.05, 0.1) is 12.3 Å². The largest absolute Gasteiger partial charge is 0.486 e. The van der Waals surface area contributed by atoms with E-state index in [9.17, 15) is 4.79 Å². The van der Waals surface area contributed by atoms with E-state index in [2.05, 4.69) is 39.9 Å². The second kappa shape index (κ2) is 7.76. The molecule has 1 aliphatic rings. The Morgan fingerprint density at radius 3 is 2.76 bits per heavy atom. The number of halogens is 1. The molecule has 1 unspecified atom stereocenters. The molecule has 0 fully saturated rings. The average Bonchev–Trinajstić information content (AvgIpc) is 2.97. The molecule has 3 nitrogen and oxygen atoms in total. The molecule has 25 heavy (non-hydrogen) atoms. The van der Waals surface area contributed by atoms with Crippen LogP contribution >= 0.6 is 15.9 Å². The Morgan fingerprint density at radius 1 is 1.32 bits per heavy atom. The van der Waals surface area contributed by atoms with Crippen molar-refractivity contribution in [3.63, 3.8) is 0 Å². The van der Waals surface area contributed by atoms with E-state index in [0.717, 1.165) is 28.6 Å². The van der Waals surface area contributed by atoms with Crippen molar-refractivity contribution in [1.82, 2.24) is 0 Å². The molecule has 0 spiro atoms. The topological polar surface area (TPSA) is 46.5 Å². The summed E-state index contributed by atoms with van der Waals surface area (Å²) in [6.07, 6.45) is 2.06. The summed E-state index contributed by atoms with van der Waals surface area (Å²) in [5, 5.41) is 9.03. The third-order valence-corrected chi connectivity index (χ3v) is 4.88. The maximum Gasteiger partial charge on any atom is 0.304 e. The van der Waals surface area contributed by atoms with Gasteiger partial charge in [-0.3, -0.25) is 4.79 Å². The van der Waals surface area contributed by atoms with E-state index < -0.39 is 5.97 Å². The molecule has 2 atom stereocenters. The second-order valence-corrected chi connectivity index (χ2v) is 7.02. The monoisotopic (exact) mass is 398 g/mol. The molecule has 0 bridgehead atoms. The lowest BCUT2D eigenvalue weighted by molar-refractivity contribution is -0.137. The number of aryl methyl sites for hydroxylation is 1. The van der Waals surface area contributed by atoms with Gasteiger partial charge in [0.25, 0.3) is 0 Å². The van der Waals surface area contributed by atoms with E-state index in [1.54, 1.807) is 6.92 Å². The highest BCUT2D eigenvalue weighted by molar-refractivity contribution is 9.10. The summed E-state index contributed by atoms with van der Waals surface area (Å²) in [5.41, 5.74) is 3.48. The fraction of sp³-hybridized carbons (Fsp3) is 0.286. The summed E-state index contributed by atoms with van der Waals surface area (Å²) >= 11 is 3.51. The Kier molecular flexibility index (Phi) is 5.45. The molecular formula is C21H19BrO3. The Labute approximate surface area is 156 Å². The first-order valence-corrected chi connectivity index (χ1v) is 9.05. The van der Waals surface area contributed by atoms with Crippen LogP contribution in [0.4, 0.5) is 0 Å². The van der Waals surface area contributed by atoms with E-state index >= 15 is 0 Å². The lowest BCUT2D eigenvalue weighted by Crippen LogP contribution is -2.06. The number of carboxylic acids is 1. The zero-order chi connectivity index (χ0) is 17.8. The number of benzene rings is 2. The number of rotatable bonds is 5. The molecule has 1 aliphatic carbocycles. The van der Waals surface area contributed by atoms with E-state index in [1.165, 1.54) is 11.1 Å². The number of hydrogen-bond donors (Lipinski definition) is 1. The number of carboxylic acid groups (broad SMARTS) is 1. The van der Waals surface area contributed by atoms with Gasteiger partial charge in [-0.05, 0) is 60.7 Å². The van der Waals surface area contributed by atoms with Crippen LogP contribution in [-0.4, -0.2) is 11.1 Å². The Morgan fingerprint density at radius 2 is 2.08 bits per heavy atom. The molecule has 128 valence electrons. The van der Waals surface area contributed by atoms with Crippen LogP contribution in [0.2, 0.25) is 0 Å². The van der Waals surface area contributed by atoms with Crippen molar-refractivity contribution in [3.8, 4) is 17.6 Å². The van der Waals surface area contributed by atoms with Gasteiger partial charge in [-0.2, -0.15) is 0 Å². The molecule has 0 aromatic heterocycles. The van der Waals surface area contributed by atoms with Gasteiger partial charge < -0.3 is 9.84 Å². The van der Waals surface area contributed by atoms with Crippen LogP contribution in [-0.2, 0) is 11.2 Å². The Bertz CT molecular complexity index is 830. The van der Waals surface area contributed by atoms with Gasteiger partial charge in [-0.25, -0.2) is 0 Å². The van der Waals surface area contributed by atoms with Crippen molar-refractivity contribution in [2.24, 2.45) is 0 Å². The summed E-state index contributed by atoms with van der Waals surface area (Å²) in [5.74, 6) is 5.44. The van der Waals surface area contributed by atoms with Gasteiger partial charge in [0.1, 0.15) is 11.9 Å². The third kappa shape index (κ3) is 4.24. The molecule has 0 aliphatic heterocycles. The molecule has 0 saturated heterocycles. The highest BCUT2D eigenvalue weighted by Gasteiger charge is 2.24. The van der Waals surface area contributed by atoms with Crippen molar-refractivity contribution in [1.29, 1.82) is 0 Å². The number of aliphatic carboxylic acids is 1. The van der Waals surface area contributed by atoms with Gasteiger partial charge in [0.15, 0.2) is 0 Å². The lowest BCUT2D eigenvalue weighted by Gasteiger charge is -2.16. The van der Waals surface area contributed by atoms with Gasteiger partial charge >= 0.3 is 5.97 Å². The van der Waals surface area contributed by atoms with Crippen LogP contribution in [0.5, 0.6) is 5.75 Å². The maximum absolute atomic E-state index is 11.0. The molecule has 4 heteroatoms. The number of fused-ring (bicyclic) bond motifs is 1. The molecule has 0 radical (unpaired) electrons. The zero-order valence-electron chi connectivity index (χ0n) is 14.0. The first kappa shape index (κ1) is 17.6. The molecular weight excluding hydrogens is 380 g/mol. The molecule has 2 aromatic carbocycles. The number of ether oxygens (including phenoxy) is 1. The molecule has 0 saturated carbocycles. The maximum atomic E-state index is 11.0. The summed E-state index contributed by atoms with van der Waals surface area (Å²) in [4.78, 5) is 11.0. The first-order valence-electron chi connectivity index (χ1n) is 8.26. The summed E-state index contributed by atoms with van der Waals surface area (Å²) < 4.78 is 7.24. The number of carbonyl (C=O) groups is 1. The fourth-order valence-electron chi connectivity index (χ4n) is 3.21. The van der Waals surface area contributed by atoms with E-state index in [0.29, 0.717) is 0 Å². The summed E-state index contributed by atoms with van der Waals surface area (Å²) in [6, 6.07) is 13.9. The van der Waals surface area contributed by atoms with Gasteiger partial charge in [0.2, 0.25) is 0 Å². The molecule has 0 heterocycles. The van der Waals surface area contributed by atoms with Gasteiger partial charge in [-0.1, -0.05) is 40.0 Å². The quantitative estimate of drug-likeness (QED) is 0.712. The minimum Gasteiger partial charge on any atom is -0.486 e. The minimum absolute atomic E-state index is 0.00587. The average molecular weight is 399 g/mol. The zero-order valence-corrected chi connectivity index (χ0v) is 15.5. The standard InChI is InChI=1S/C21H19BrO3/c1-2-3-15(13-21(23)24)14-4-8-18(9-5-14)25-20-11-6-16-12-17(22)7-10-19(16)20/h4-5,7-10,12,15,20H,6,11,13H2,1H3,(H,23,24)/t15-,20?/m0/s1. The van der Waals surface area contributed by atoms with Crippen LogP contribution in [0.1, 0.15) is 48.5 Å². The van der Waals surface area contributed by atoms with Crippen molar-refractivity contribution < 1.29 is 14.6 Å². The van der Waals surface area contributed by atoms with Crippen LogP contribution in [0.15, 0.2) is 46.9 Å². The van der Waals surface area contributed by atoms with Gasteiger partial charge in [-0.15, -0.1) is 5.92 Å². The normalized spacial score (nSPS) is 16.5. The minimum atomic E-state index is -0.846. The highest BCUT2D eigenvalue weighted by atomic mass is 79.9. The molecule has 3 rings (SSSR count). The van der Waals surface area contributed by atoms with Crippen molar-refractivity contribution in [3.05, 3.63) is 63.6 Å². The summed E-state index contributed by atoms with van der Waals surface area (Å²) in [6.45, 7) is 1.72. The lowest BCUT2D eigenvalue weighted by atomic mass is 9.96. The molecule has 1 N–H and O–H groups in total. The van der Waals surface area contributed by atoms with E-state index in [-0.39, 0.29) is 18.4 Å².